The van der Waals surface area contributed by atoms with E-state index >= 15 is 0 Å². The van der Waals surface area contributed by atoms with Crippen LogP contribution >= 0.6 is 0 Å². The molecule has 130 valence electrons. The maximum Gasteiger partial charge on any atom is 0.103 e. The Morgan fingerprint density at radius 2 is 1.48 bits per heavy atom. The van der Waals surface area contributed by atoms with Gasteiger partial charge in [0.25, 0.3) is 0 Å². The third kappa shape index (κ3) is 2.89. The van der Waals surface area contributed by atoms with E-state index in [0.29, 0.717) is 6.54 Å². The lowest BCUT2D eigenvalue weighted by Gasteiger charge is -2.26. The molecule has 0 saturated carbocycles. The molecule has 5 nitrogen and oxygen atoms in total. The fourth-order valence-corrected chi connectivity index (χ4v) is 3.38. The summed E-state index contributed by atoms with van der Waals surface area (Å²) in [5, 5.41) is 8.66. The number of para-hydroxylation sites is 2. The van der Waals surface area contributed by atoms with E-state index in [-0.39, 0.29) is 0 Å². The molecule has 0 atom stereocenters. The Bertz CT molecular complexity index is 1060. The first-order chi connectivity index (χ1) is 13.4. The van der Waals surface area contributed by atoms with Gasteiger partial charge in [-0.2, -0.15) is 0 Å². The highest BCUT2D eigenvalue weighted by Crippen LogP contribution is 2.37. The minimum Gasteiger partial charge on any atom is -0.334 e. The summed E-state index contributed by atoms with van der Waals surface area (Å²) in [5.74, 6) is 0. The molecule has 0 unspecified atom stereocenters. The van der Waals surface area contributed by atoms with E-state index in [1.54, 1.807) is 17.1 Å². The first-order valence-corrected chi connectivity index (χ1v) is 8.84. The first kappa shape index (κ1) is 15.5. The van der Waals surface area contributed by atoms with Crippen molar-refractivity contribution in [3.8, 4) is 5.69 Å². The second-order valence-electron chi connectivity index (χ2n) is 6.40. The van der Waals surface area contributed by atoms with E-state index in [2.05, 4.69) is 80.9 Å². The predicted octanol–water partition coefficient (Wildman–Crippen LogP) is 4.48. The third-order valence-corrected chi connectivity index (χ3v) is 4.67. The van der Waals surface area contributed by atoms with Crippen LogP contribution in [0.2, 0.25) is 0 Å². The SMILES string of the molecule is C1=Cc2ccccc2N(Cc2cn(-c3cccnc3)nn2)c2ccccc21. The predicted molar refractivity (Wildman–Crippen MR) is 107 cm³/mol. The minimum atomic E-state index is 0.635. The number of nitrogens with zero attached hydrogens (tertiary/aromatic N) is 5. The van der Waals surface area contributed by atoms with Gasteiger partial charge in [-0.1, -0.05) is 53.8 Å². The number of benzene rings is 2. The lowest BCUT2D eigenvalue weighted by atomic mass is 10.1. The van der Waals surface area contributed by atoms with Crippen molar-refractivity contribution in [1.82, 2.24) is 20.0 Å². The normalized spacial score (nSPS) is 12.4. The molecule has 0 bridgehead atoms. The Morgan fingerprint density at radius 3 is 2.15 bits per heavy atom. The zero-order valence-electron chi connectivity index (χ0n) is 14.6. The van der Waals surface area contributed by atoms with Crippen LogP contribution in [0.4, 0.5) is 11.4 Å². The van der Waals surface area contributed by atoms with Gasteiger partial charge in [-0.25, -0.2) is 4.68 Å². The van der Waals surface area contributed by atoms with E-state index in [4.69, 9.17) is 0 Å². The summed E-state index contributed by atoms with van der Waals surface area (Å²) >= 11 is 0. The molecule has 2 aromatic heterocycles. The highest BCUT2D eigenvalue weighted by molar-refractivity contribution is 5.88. The van der Waals surface area contributed by atoms with Crippen LogP contribution in [0, 0.1) is 0 Å². The fourth-order valence-electron chi connectivity index (χ4n) is 3.38. The Kier molecular flexibility index (Phi) is 3.76. The van der Waals surface area contributed by atoms with Gasteiger partial charge in [0.2, 0.25) is 0 Å². The maximum atomic E-state index is 4.39. The van der Waals surface area contributed by atoms with Gasteiger partial charge in [0, 0.05) is 17.6 Å². The lowest BCUT2D eigenvalue weighted by Crippen LogP contribution is -2.18. The molecule has 5 rings (SSSR count). The summed E-state index contributed by atoms with van der Waals surface area (Å²) in [6.45, 7) is 0.635. The number of hydrogen-bond acceptors (Lipinski definition) is 4. The molecular weight excluding hydrogens is 334 g/mol. The standard InChI is InChI=1S/C22H17N5/c1-3-9-21-17(6-1)11-12-18-7-2-4-10-22(18)26(21)15-19-16-27(25-24-19)20-8-5-13-23-14-20/h1-14,16H,15H2. The van der Waals surface area contributed by atoms with E-state index in [1.807, 2.05) is 18.3 Å². The Hall–Kier alpha value is -3.73. The molecule has 4 aromatic rings. The summed E-state index contributed by atoms with van der Waals surface area (Å²) < 4.78 is 1.76. The van der Waals surface area contributed by atoms with Crippen molar-refractivity contribution in [3.05, 3.63) is 96.1 Å². The average Bonchev–Trinajstić information content (AvgIpc) is 3.14. The largest absolute Gasteiger partial charge is 0.334 e. The van der Waals surface area contributed by atoms with Crippen molar-refractivity contribution in [1.29, 1.82) is 0 Å². The second-order valence-corrected chi connectivity index (χ2v) is 6.40. The van der Waals surface area contributed by atoms with Crippen molar-refractivity contribution < 1.29 is 0 Å². The van der Waals surface area contributed by atoms with Gasteiger partial charge in [0.15, 0.2) is 0 Å². The molecule has 5 heteroatoms. The van der Waals surface area contributed by atoms with Crippen LogP contribution in [0.25, 0.3) is 17.8 Å². The molecule has 1 aliphatic rings. The summed E-state index contributed by atoms with van der Waals surface area (Å²) in [6.07, 6.45) is 9.82. The molecule has 0 saturated heterocycles. The highest BCUT2D eigenvalue weighted by atomic mass is 15.4. The van der Waals surface area contributed by atoms with Crippen molar-refractivity contribution in [2.75, 3.05) is 4.90 Å². The zero-order chi connectivity index (χ0) is 18.1. The van der Waals surface area contributed by atoms with Crippen molar-refractivity contribution in [2.45, 2.75) is 6.54 Å². The number of hydrogen-bond donors (Lipinski definition) is 0. The van der Waals surface area contributed by atoms with Crippen LogP contribution in [0.15, 0.2) is 79.3 Å². The van der Waals surface area contributed by atoms with Crippen LogP contribution < -0.4 is 4.90 Å². The average molecular weight is 351 g/mol. The molecule has 0 aliphatic carbocycles. The molecule has 0 fully saturated rings. The minimum absolute atomic E-state index is 0.635. The number of aromatic nitrogens is 4. The molecule has 27 heavy (non-hydrogen) atoms. The van der Waals surface area contributed by atoms with E-state index in [0.717, 1.165) is 22.8 Å². The second kappa shape index (κ2) is 6.53. The van der Waals surface area contributed by atoms with Gasteiger partial charge in [0.1, 0.15) is 5.69 Å². The summed E-state index contributed by atoms with van der Waals surface area (Å²) in [5.41, 5.74) is 6.49. The fraction of sp³-hybridized carbons (Fsp3) is 0.0455. The van der Waals surface area contributed by atoms with Crippen molar-refractivity contribution in [2.24, 2.45) is 0 Å². The van der Waals surface area contributed by atoms with Crippen molar-refractivity contribution in [3.63, 3.8) is 0 Å². The van der Waals surface area contributed by atoms with Crippen LogP contribution in [-0.2, 0) is 6.54 Å². The smallest absolute Gasteiger partial charge is 0.103 e. The molecule has 0 spiro atoms. The molecule has 1 aliphatic heterocycles. The van der Waals surface area contributed by atoms with E-state index in [9.17, 15) is 0 Å². The van der Waals surface area contributed by atoms with Gasteiger partial charge in [-0.3, -0.25) is 4.98 Å². The number of rotatable bonds is 3. The summed E-state index contributed by atoms with van der Waals surface area (Å²) in [4.78, 5) is 6.44. The quantitative estimate of drug-likeness (QED) is 0.546. The van der Waals surface area contributed by atoms with Gasteiger partial charge in [-0.05, 0) is 35.4 Å². The summed E-state index contributed by atoms with van der Waals surface area (Å²) in [6, 6.07) is 20.7. The molecule has 0 amide bonds. The van der Waals surface area contributed by atoms with Crippen LogP contribution in [0.3, 0.4) is 0 Å². The molecule has 2 aromatic carbocycles. The number of pyridine rings is 1. The van der Waals surface area contributed by atoms with E-state index in [1.165, 1.54) is 11.1 Å². The highest BCUT2D eigenvalue weighted by Gasteiger charge is 2.19. The maximum absolute atomic E-state index is 4.39. The van der Waals surface area contributed by atoms with Crippen molar-refractivity contribution >= 4 is 23.5 Å². The van der Waals surface area contributed by atoms with Gasteiger partial charge >= 0.3 is 0 Å². The lowest BCUT2D eigenvalue weighted by molar-refractivity contribution is 0.791. The number of fused-ring (bicyclic) bond motifs is 2. The van der Waals surface area contributed by atoms with Crippen LogP contribution in [-0.4, -0.2) is 20.0 Å². The van der Waals surface area contributed by atoms with Gasteiger partial charge in [0.05, 0.1) is 24.6 Å². The zero-order valence-corrected chi connectivity index (χ0v) is 14.6. The molecule has 3 heterocycles. The topological polar surface area (TPSA) is 46.8 Å². The first-order valence-electron chi connectivity index (χ1n) is 8.84. The van der Waals surface area contributed by atoms with Gasteiger partial charge in [-0.15, -0.1) is 5.10 Å². The molecule has 0 N–H and O–H groups in total. The van der Waals surface area contributed by atoms with E-state index < -0.39 is 0 Å². The Balaban J connectivity index is 1.55. The Morgan fingerprint density at radius 1 is 0.778 bits per heavy atom. The Labute approximate surface area is 157 Å². The number of anilines is 2. The molecule has 0 radical (unpaired) electrons. The summed E-state index contributed by atoms with van der Waals surface area (Å²) in [7, 11) is 0. The van der Waals surface area contributed by atoms with Crippen LogP contribution in [0.5, 0.6) is 0 Å². The monoisotopic (exact) mass is 351 g/mol. The molecular formula is C22H17N5. The third-order valence-electron chi connectivity index (χ3n) is 4.67. The van der Waals surface area contributed by atoms with Gasteiger partial charge < -0.3 is 4.90 Å². The van der Waals surface area contributed by atoms with Crippen LogP contribution in [0.1, 0.15) is 16.8 Å².